The van der Waals surface area contributed by atoms with Crippen LogP contribution in [0.1, 0.15) is 22.3 Å². The Morgan fingerprint density at radius 2 is 2.08 bits per heavy atom. The predicted octanol–water partition coefficient (Wildman–Crippen LogP) is 2.10. The van der Waals surface area contributed by atoms with E-state index in [4.69, 9.17) is 4.74 Å². The Balaban J connectivity index is 1.75. The number of amidine groups is 1. The summed E-state index contributed by atoms with van der Waals surface area (Å²) in [6, 6.07) is 9.45. The molecule has 4 rings (SSSR count). The van der Waals surface area contributed by atoms with Crippen LogP contribution in [0.2, 0.25) is 0 Å². The first-order chi connectivity index (χ1) is 11.6. The molecule has 0 saturated carbocycles. The van der Waals surface area contributed by atoms with E-state index in [9.17, 15) is 9.90 Å². The molecule has 1 aromatic heterocycles. The van der Waals surface area contributed by atoms with E-state index >= 15 is 0 Å². The maximum Gasteiger partial charge on any atom is 0.204 e. The summed E-state index contributed by atoms with van der Waals surface area (Å²) in [7, 11) is 1.66. The molecule has 3 heterocycles. The number of rotatable bonds is 3. The normalized spacial score (nSPS) is 22.2. The number of fused-ring (bicyclic) bond motifs is 2. The van der Waals surface area contributed by atoms with Gasteiger partial charge in [0.15, 0.2) is 5.60 Å². The Labute approximate surface area is 139 Å². The van der Waals surface area contributed by atoms with E-state index in [0.717, 1.165) is 11.3 Å². The maximum absolute atomic E-state index is 12.7. The molecule has 122 valence electrons. The SMILES string of the molecule is COCc1ccc(N2CCC3(O)C(=O)c4ccncc4N=C23)cc1. The van der Waals surface area contributed by atoms with Crippen LogP contribution >= 0.6 is 0 Å². The standard InChI is InChI=1S/C18H17N3O3/c1-24-11-12-2-4-13(5-3-12)21-9-7-18(23)16(22)14-6-8-19-10-15(14)20-17(18)21/h2-6,8,10,23H,7,9,11H2,1H3. The summed E-state index contributed by atoms with van der Waals surface area (Å²) < 4.78 is 5.12. The monoisotopic (exact) mass is 323 g/mol. The second kappa shape index (κ2) is 5.51. The van der Waals surface area contributed by atoms with Gasteiger partial charge in [0.05, 0.1) is 24.1 Å². The molecule has 1 unspecified atom stereocenters. The molecule has 6 nitrogen and oxygen atoms in total. The molecule has 6 heteroatoms. The molecule has 24 heavy (non-hydrogen) atoms. The number of ketones is 1. The van der Waals surface area contributed by atoms with E-state index in [2.05, 4.69) is 9.98 Å². The molecule has 0 amide bonds. The summed E-state index contributed by atoms with van der Waals surface area (Å²) in [6.07, 6.45) is 3.42. The Bertz CT molecular complexity index is 832. The number of carbonyl (C=O) groups excluding carboxylic acids is 1. The van der Waals surface area contributed by atoms with Crippen molar-refractivity contribution in [3.63, 3.8) is 0 Å². The number of nitrogens with zero attached hydrogens (tertiary/aromatic N) is 3. The number of ether oxygens (including phenoxy) is 1. The average molecular weight is 323 g/mol. The molecule has 1 aromatic carbocycles. The number of benzene rings is 1. The number of pyridine rings is 1. The average Bonchev–Trinajstić information content (AvgIpc) is 2.95. The predicted molar refractivity (Wildman–Crippen MR) is 89.7 cm³/mol. The molecular formula is C18H17N3O3. The highest BCUT2D eigenvalue weighted by molar-refractivity contribution is 6.28. The molecule has 1 atom stereocenters. The van der Waals surface area contributed by atoms with Crippen LogP contribution in [0, 0.1) is 0 Å². The summed E-state index contributed by atoms with van der Waals surface area (Å²) in [5.41, 5.74) is 1.33. The van der Waals surface area contributed by atoms with Crippen molar-refractivity contribution in [3.05, 3.63) is 53.9 Å². The van der Waals surface area contributed by atoms with Crippen molar-refractivity contribution < 1.29 is 14.6 Å². The van der Waals surface area contributed by atoms with Gasteiger partial charge in [-0.25, -0.2) is 4.99 Å². The van der Waals surface area contributed by atoms with Crippen molar-refractivity contribution in [2.24, 2.45) is 4.99 Å². The minimum atomic E-state index is -1.56. The Hall–Kier alpha value is -2.57. The van der Waals surface area contributed by atoms with E-state index in [0.29, 0.717) is 36.7 Å². The molecule has 0 bridgehead atoms. The quantitative estimate of drug-likeness (QED) is 0.936. The van der Waals surface area contributed by atoms with Crippen molar-refractivity contribution in [2.75, 3.05) is 18.6 Å². The van der Waals surface area contributed by atoms with Gasteiger partial charge in [-0.1, -0.05) is 12.1 Å². The molecule has 1 fully saturated rings. The molecule has 2 aliphatic rings. The second-order valence-electron chi connectivity index (χ2n) is 6.02. The lowest BCUT2D eigenvalue weighted by Crippen LogP contribution is -2.48. The Morgan fingerprint density at radius 1 is 1.29 bits per heavy atom. The molecule has 0 aliphatic carbocycles. The van der Waals surface area contributed by atoms with Gasteiger partial charge in [0.2, 0.25) is 5.78 Å². The minimum absolute atomic E-state index is 0.302. The minimum Gasteiger partial charge on any atom is -0.380 e. The first-order valence-corrected chi connectivity index (χ1v) is 7.79. The molecule has 1 N–H and O–H groups in total. The maximum atomic E-state index is 12.7. The van der Waals surface area contributed by atoms with Crippen LogP contribution in [0.4, 0.5) is 11.4 Å². The third-order valence-electron chi connectivity index (χ3n) is 4.53. The van der Waals surface area contributed by atoms with E-state index in [1.165, 1.54) is 0 Å². The van der Waals surface area contributed by atoms with E-state index in [1.54, 1.807) is 25.6 Å². The van der Waals surface area contributed by atoms with E-state index in [1.807, 2.05) is 29.2 Å². The number of aliphatic imine (C=N–C) groups is 1. The second-order valence-corrected chi connectivity index (χ2v) is 6.02. The van der Waals surface area contributed by atoms with Crippen LogP contribution in [0.3, 0.4) is 0 Å². The highest BCUT2D eigenvalue weighted by Gasteiger charge is 2.52. The van der Waals surface area contributed by atoms with E-state index in [-0.39, 0.29) is 5.78 Å². The van der Waals surface area contributed by atoms with Crippen LogP contribution in [0.15, 0.2) is 47.7 Å². The summed E-state index contributed by atoms with van der Waals surface area (Å²) in [5.74, 6) is 0.0795. The number of aliphatic hydroxyl groups is 1. The van der Waals surface area contributed by atoms with Crippen molar-refractivity contribution in [1.82, 2.24) is 4.98 Å². The molecule has 2 aliphatic heterocycles. The molecule has 0 spiro atoms. The number of hydrogen-bond donors (Lipinski definition) is 1. The van der Waals surface area contributed by atoms with Crippen molar-refractivity contribution >= 4 is 23.0 Å². The molecule has 1 saturated heterocycles. The van der Waals surface area contributed by atoms with Gasteiger partial charge < -0.3 is 14.7 Å². The largest absolute Gasteiger partial charge is 0.380 e. The third-order valence-corrected chi connectivity index (χ3v) is 4.53. The number of hydrogen-bond acceptors (Lipinski definition) is 6. The lowest BCUT2D eigenvalue weighted by molar-refractivity contribution is 0.0602. The summed E-state index contributed by atoms with van der Waals surface area (Å²) in [6.45, 7) is 1.08. The van der Waals surface area contributed by atoms with Gasteiger partial charge in [-0.3, -0.25) is 9.78 Å². The van der Waals surface area contributed by atoms with Gasteiger partial charge in [-0.15, -0.1) is 0 Å². The number of anilines is 1. The lowest BCUT2D eigenvalue weighted by Gasteiger charge is -2.29. The van der Waals surface area contributed by atoms with Crippen molar-refractivity contribution in [2.45, 2.75) is 18.6 Å². The van der Waals surface area contributed by atoms with Crippen LogP contribution in [-0.2, 0) is 11.3 Å². The van der Waals surface area contributed by atoms with Gasteiger partial charge >= 0.3 is 0 Å². The number of methoxy groups -OCH3 is 1. The first-order valence-electron chi connectivity index (χ1n) is 7.79. The fraction of sp³-hybridized carbons (Fsp3) is 0.278. The summed E-state index contributed by atoms with van der Waals surface area (Å²) >= 11 is 0. The summed E-state index contributed by atoms with van der Waals surface area (Å²) in [5, 5.41) is 10.9. The Kier molecular flexibility index (Phi) is 3.44. The topological polar surface area (TPSA) is 75.0 Å². The summed E-state index contributed by atoms with van der Waals surface area (Å²) in [4.78, 5) is 23.2. The first kappa shape index (κ1) is 15.0. The zero-order valence-corrected chi connectivity index (χ0v) is 13.3. The lowest BCUT2D eigenvalue weighted by atomic mass is 9.88. The number of aromatic nitrogens is 1. The van der Waals surface area contributed by atoms with Gasteiger partial charge in [0.1, 0.15) is 5.84 Å². The van der Waals surface area contributed by atoms with Gasteiger partial charge in [-0.2, -0.15) is 0 Å². The zero-order valence-electron chi connectivity index (χ0n) is 13.3. The van der Waals surface area contributed by atoms with Gasteiger partial charge in [-0.05, 0) is 23.8 Å². The van der Waals surface area contributed by atoms with E-state index < -0.39 is 5.60 Å². The number of Topliss-reactive ketones (excluding diaryl/α,β-unsaturated/α-hetero) is 1. The zero-order chi connectivity index (χ0) is 16.7. The fourth-order valence-corrected chi connectivity index (χ4v) is 3.28. The number of carbonyl (C=O) groups is 1. The van der Waals surface area contributed by atoms with Crippen LogP contribution in [0.25, 0.3) is 0 Å². The van der Waals surface area contributed by atoms with Crippen molar-refractivity contribution in [3.8, 4) is 0 Å². The van der Waals surface area contributed by atoms with Crippen LogP contribution < -0.4 is 4.90 Å². The fourth-order valence-electron chi connectivity index (χ4n) is 3.28. The molecule has 2 aromatic rings. The third kappa shape index (κ3) is 2.15. The molecular weight excluding hydrogens is 306 g/mol. The van der Waals surface area contributed by atoms with Gasteiger partial charge in [0, 0.05) is 32.0 Å². The highest BCUT2D eigenvalue weighted by atomic mass is 16.5. The van der Waals surface area contributed by atoms with Crippen LogP contribution in [0.5, 0.6) is 0 Å². The van der Waals surface area contributed by atoms with Gasteiger partial charge in [0.25, 0.3) is 0 Å². The smallest absolute Gasteiger partial charge is 0.204 e. The van der Waals surface area contributed by atoms with Crippen LogP contribution in [-0.4, -0.2) is 41.0 Å². The highest BCUT2D eigenvalue weighted by Crippen LogP contribution is 2.38. The Morgan fingerprint density at radius 3 is 2.83 bits per heavy atom. The van der Waals surface area contributed by atoms with Crippen molar-refractivity contribution in [1.29, 1.82) is 0 Å². The molecule has 0 radical (unpaired) electrons.